The van der Waals surface area contributed by atoms with Crippen LogP contribution in [0.2, 0.25) is 0 Å². The molecule has 0 unspecified atom stereocenters. The minimum Gasteiger partial charge on any atom is -0.392 e. The smallest absolute Gasteiger partial charge is 0.251 e. The molecule has 2 N–H and O–H groups in total. The Morgan fingerprint density at radius 1 is 1.33 bits per heavy atom. The van der Waals surface area contributed by atoms with Gasteiger partial charge >= 0.3 is 0 Å². The van der Waals surface area contributed by atoms with Gasteiger partial charge in [0.05, 0.1) is 6.61 Å². The predicted molar refractivity (Wildman–Crippen MR) is 59.9 cm³/mol. The van der Waals surface area contributed by atoms with Crippen LogP contribution >= 0.6 is 0 Å². The molecule has 0 saturated carbocycles. The average molecular weight is 203 g/mol. The Hall–Kier alpha value is -1.61. The standard InChI is InChI=1S/C12H13NO2/c1-2-9-6-10-4-3-8(7-14)5-11(10)13-12(9)15/h3-6,14H,2,7H2,1H3,(H,13,15). The molecular weight excluding hydrogens is 190 g/mol. The van der Waals surface area contributed by atoms with Gasteiger partial charge in [-0.2, -0.15) is 0 Å². The third kappa shape index (κ3) is 1.78. The molecule has 2 aromatic rings. The fraction of sp³-hybridized carbons (Fsp3) is 0.250. The number of pyridine rings is 1. The van der Waals surface area contributed by atoms with Gasteiger partial charge in [0.2, 0.25) is 0 Å². The third-order valence-electron chi connectivity index (χ3n) is 2.55. The molecular formula is C12H13NO2. The number of benzene rings is 1. The lowest BCUT2D eigenvalue weighted by atomic mass is 10.1. The Morgan fingerprint density at radius 2 is 2.13 bits per heavy atom. The van der Waals surface area contributed by atoms with Crippen molar-refractivity contribution in [3.63, 3.8) is 0 Å². The minimum atomic E-state index is -0.0416. The van der Waals surface area contributed by atoms with E-state index in [1.165, 1.54) is 0 Å². The van der Waals surface area contributed by atoms with Crippen LogP contribution in [0.3, 0.4) is 0 Å². The maximum Gasteiger partial charge on any atom is 0.251 e. The summed E-state index contributed by atoms with van der Waals surface area (Å²) >= 11 is 0. The van der Waals surface area contributed by atoms with Crippen molar-refractivity contribution in [1.29, 1.82) is 0 Å². The van der Waals surface area contributed by atoms with Gasteiger partial charge in [-0.15, -0.1) is 0 Å². The monoisotopic (exact) mass is 203 g/mol. The first-order valence-electron chi connectivity index (χ1n) is 5.00. The van der Waals surface area contributed by atoms with E-state index in [4.69, 9.17) is 5.11 Å². The number of rotatable bonds is 2. The Morgan fingerprint density at radius 3 is 2.80 bits per heavy atom. The summed E-state index contributed by atoms with van der Waals surface area (Å²) in [7, 11) is 0. The zero-order valence-corrected chi connectivity index (χ0v) is 8.58. The summed E-state index contributed by atoms with van der Waals surface area (Å²) in [5.41, 5.74) is 2.34. The van der Waals surface area contributed by atoms with Gasteiger partial charge in [-0.3, -0.25) is 4.79 Å². The van der Waals surface area contributed by atoms with Gasteiger partial charge in [-0.05, 0) is 29.5 Å². The summed E-state index contributed by atoms with van der Waals surface area (Å²) in [5.74, 6) is 0. The highest BCUT2D eigenvalue weighted by atomic mass is 16.3. The van der Waals surface area contributed by atoms with Crippen LogP contribution < -0.4 is 5.56 Å². The van der Waals surface area contributed by atoms with E-state index in [0.29, 0.717) is 0 Å². The fourth-order valence-electron chi connectivity index (χ4n) is 1.65. The van der Waals surface area contributed by atoms with Gasteiger partial charge in [0.15, 0.2) is 0 Å². The fourth-order valence-corrected chi connectivity index (χ4v) is 1.65. The van der Waals surface area contributed by atoms with Gasteiger partial charge < -0.3 is 10.1 Å². The molecule has 0 radical (unpaired) electrons. The molecule has 0 aliphatic heterocycles. The minimum absolute atomic E-state index is 0.00645. The number of aromatic amines is 1. The van der Waals surface area contributed by atoms with Crippen LogP contribution in [0.5, 0.6) is 0 Å². The van der Waals surface area contributed by atoms with Crippen molar-refractivity contribution in [2.45, 2.75) is 20.0 Å². The first-order chi connectivity index (χ1) is 7.24. The molecule has 0 aliphatic rings. The van der Waals surface area contributed by atoms with Gasteiger partial charge in [-0.1, -0.05) is 19.1 Å². The molecule has 0 aliphatic carbocycles. The molecule has 0 saturated heterocycles. The number of fused-ring (bicyclic) bond motifs is 1. The number of aryl methyl sites for hydroxylation is 1. The largest absolute Gasteiger partial charge is 0.392 e. The molecule has 1 aromatic heterocycles. The lowest BCUT2D eigenvalue weighted by Crippen LogP contribution is -2.11. The molecule has 0 spiro atoms. The van der Waals surface area contributed by atoms with Crippen LogP contribution in [0.4, 0.5) is 0 Å². The van der Waals surface area contributed by atoms with Crippen LogP contribution in [-0.2, 0) is 13.0 Å². The maximum atomic E-state index is 11.5. The second-order valence-corrected chi connectivity index (χ2v) is 3.56. The predicted octanol–water partition coefficient (Wildman–Crippen LogP) is 1.58. The zero-order valence-electron chi connectivity index (χ0n) is 8.58. The summed E-state index contributed by atoms with van der Waals surface area (Å²) < 4.78 is 0. The SMILES string of the molecule is CCc1cc2ccc(CO)cc2[nH]c1=O. The molecule has 3 heteroatoms. The Labute approximate surface area is 87.4 Å². The van der Waals surface area contributed by atoms with Crippen molar-refractivity contribution < 1.29 is 5.11 Å². The molecule has 0 amide bonds. The molecule has 78 valence electrons. The zero-order chi connectivity index (χ0) is 10.8. The van der Waals surface area contributed by atoms with Crippen molar-refractivity contribution in [2.75, 3.05) is 0 Å². The van der Waals surface area contributed by atoms with Gasteiger partial charge in [0.25, 0.3) is 5.56 Å². The normalized spacial score (nSPS) is 10.8. The van der Waals surface area contributed by atoms with Gasteiger partial charge in [0.1, 0.15) is 0 Å². The van der Waals surface area contributed by atoms with E-state index < -0.39 is 0 Å². The van der Waals surface area contributed by atoms with Crippen LogP contribution in [0, 0.1) is 0 Å². The van der Waals surface area contributed by atoms with Crippen molar-refractivity contribution in [3.05, 3.63) is 45.7 Å². The number of nitrogens with one attached hydrogen (secondary N) is 1. The average Bonchev–Trinajstić information content (AvgIpc) is 2.27. The second-order valence-electron chi connectivity index (χ2n) is 3.56. The van der Waals surface area contributed by atoms with Crippen molar-refractivity contribution in [1.82, 2.24) is 4.98 Å². The van der Waals surface area contributed by atoms with Crippen LogP contribution in [-0.4, -0.2) is 10.1 Å². The van der Waals surface area contributed by atoms with E-state index in [9.17, 15) is 4.79 Å². The number of aliphatic hydroxyl groups is 1. The quantitative estimate of drug-likeness (QED) is 0.778. The number of hydrogen-bond donors (Lipinski definition) is 2. The van der Waals surface area contributed by atoms with Gasteiger partial charge in [0, 0.05) is 11.1 Å². The van der Waals surface area contributed by atoms with Crippen molar-refractivity contribution >= 4 is 10.9 Å². The lowest BCUT2D eigenvalue weighted by molar-refractivity contribution is 0.282. The third-order valence-corrected chi connectivity index (χ3v) is 2.55. The summed E-state index contributed by atoms with van der Waals surface area (Å²) in [6.45, 7) is 1.95. The summed E-state index contributed by atoms with van der Waals surface area (Å²) in [5, 5.41) is 9.98. The number of aromatic nitrogens is 1. The molecule has 0 bridgehead atoms. The molecule has 1 heterocycles. The van der Waals surface area contributed by atoms with Crippen molar-refractivity contribution in [2.24, 2.45) is 0 Å². The number of H-pyrrole nitrogens is 1. The van der Waals surface area contributed by atoms with Crippen LogP contribution in [0.25, 0.3) is 10.9 Å². The van der Waals surface area contributed by atoms with Gasteiger partial charge in [-0.25, -0.2) is 0 Å². The summed E-state index contributed by atoms with van der Waals surface area (Å²) in [6, 6.07) is 7.47. The molecule has 1 aromatic carbocycles. The lowest BCUT2D eigenvalue weighted by Gasteiger charge is -2.02. The maximum absolute atomic E-state index is 11.5. The van der Waals surface area contributed by atoms with E-state index in [0.717, 1.165) is 28.5 Å². The highest BCUT2D eigenvalue weighted by molar-refractivity contribution is 5.79. The summed E-state index contributed by atoms with van der Waals surface area (Å²) in [4.78, 5) is 14.4. The first kappa shape index (κ1) is 9.93. The Kier molecular flexibility index (Phi) is 2.56. The van der Waals surface area contributed by atoms with E-state index in [2.05, 4.69) is 4.98 Å². The number of aliphatic hydroxyl groups excluding tert-OH is 1. The second kappa shape index (κ2) is 3.87. The highest BCUT2D eigenvalue weighted by Crippen LogP contribution is 2.13. The molecule has 0 atom stereocenters. The molecule has 15 heavy (non-hydrogen) atoms. The van der Waals surface area contributed by atoms with E-state index in [-0.39, 0.29) is 12.2 Å². The van der Waals surface area contributed by atoms with E-state index >= 15 is 0 Å². The van der Waals surface area contributed by atoms with Crippen molar-refractivity contribution in [3.8, 4) is 0 Å². The van der Waals surface area contributed by atoms with E-state index in [1.54, 1.807) is 6.07 Å². The molecule has 3 nitrogen and oxygen atoms in total. The Bertz CT molecular complexity index is 543. The molecule has 2 rings (SSSR count). The Balaban J connectivity index is 2.70. The van der Waals surface area contributed by atoms with Crippen LogP contribution in [0.1, 0.15) is 18.1 Å². The topological polar surface area (TPSA) is 53.1 Å². The van der Waals surface area contributed by atoms with Crippen LogP contribution in [0.15, 0.2) is 29.1 Å². The number of hydrogen-bond acceptors (Lipinski definition) is 2. The highest BCUT2D eigenvalue weighted by Gasteiger charge is 2.01. The van der Waals surface area contributed by atoms with E-state index in [1.807, 2.05) is 25.1 Å². The first-order valence-corrected chi connectivity index (χ1v) is 5.00. The summed E-state index contributed by atoms with van der Waals surface area (Å²) in [6.07, 6.45) is 0.729. The molecule has 0 fully saturated rings.